The lowest BCUT2D eigenvalue weighted by atomic mass is 10.1. The van der Waals surface area contributed by atoms with Crippen molar-refractivity contribution in [3.63, 3.8) is 0 Å². The number of benzene rings is 1. The molecule has 0 atom stereocenters. The number of halogens is 1. The number of anilines is 1. The average Bonchev–Trinajstić information content (AvgIpc) is 2.44. The Morgan fingerprint density at radius 2 is 2.05 bits per heavy atom. The van der Waals surface area contributed by atoms with Crippen molar-refractivity contribution in [1.29, 1.82) is 0 Å². The quantitative estimate of drug-likeness (QED) is 0.803. The highest BCUT2D eigenvalue weighted by atomic mass is 19.1. The van der Waals surface area contributed by atoms with Gasteiger partial charge in [0.15, 0.2) is 0 Å². The van der Waals surface area contributed by atoms with Gasteiger partial charge in [-0.25, -0.2) is 4.39 Å². The van der Waals surface area contributed by atoms with Crippen molar-refractivity contribution in [2.24, 2.45) is 0 Å². The zero-order valence-corrected chi connectivity index (χ0v) is 11.4. The van der Waals surface area contributed by atoms with Crippen molar-refractivity contribution in [2.75, 3.05) is 5.32 Å². The summed E-state index contributed by atoms with van der Waals surface area (Å²) in [6, 6.07) is 4.72. The summed E-state index contributed by atoms with van der Waals surface area (Å²) < 4.78 is 13.2. The van der Waals surface area contributed by atoms with E-state index in [0.29, 0.717) is 28.9 Å². The number of aromatic hydroxyl groups is 1. The minimum Gasteiger partial charge on any atom is -0.506 e. The van der Waals surface area contributed by atoms with Crippen LogP contribution in [0.15, 0.2) is 24.4 Å². The van der Waals surface area contributed by atoms with Crippen LogP contribution in [0.4, 0.5) is 10.1 Å². The lowest BCUT2D eigenvalue weighted by molar-refractivity contribution is 0.279. The van der Waals surface area contributed by atoms with Gasteiger partial charge < -0.3 is 15.5 Å². The number of aliphatic hydroxyl groups is 1. The summed E-state index contributed by atoms with van der Waals surface area (Å²) in [5.41, 5.74) is 2.98. The molecule has 2 aromatic rings. The number of rotatable bonds is 4. The molecule has 1 heterocycles. The van der Waals surface area contributed by atoms with Crippen LogP contribution in [0, 0.1) is 19.7 Å². The molecule has 0 amide bonds. The van der Waals surface area contributed by atoms with Crippen LogP contribution in [-0.2, 0) is 13.2 Å². The number of aromatic nitrogens is 1. The molecule has 5 heteroatoms. The van der Waals surface area contributed by atoms with E-state index in [9.17, 15) is 14.6 Å². The highest BCUT2D eigenvalue weighted by Gasteiger charge is 2.11. The Hall–Kier alpha value is -2.14. The molecule has 0 aliphatic heterocycles. The molecule has 4 nitrogen and oxygen atoms in total. The molecule has 0 saturated carbocycles. The van der Waals surface area contributed by atoms with E-state index >= 15 is 0 Å². The molecule has 0 aliphatic carbocycles. The highest BCUT2D eigenvalue weighted by Crippen LogP contribution is 2.25. The van der Waals surface area contributed by atoms with Gasteiger partial charge in [0.1, 0.15) is 11.6 Å². The van der Waals surface area contributed by atoms with Crippen molar-refractivity contribution in [2.45, 2.75) is 27.0 Å². The van der Waals surface area contributed by atoms with Crippen molar-refractivity contribution in [3.8, 4) is 5.75 Å². The van der Waals surface area contributed by atoms with Crippen LogP contribution in [0.1, 0.15) is 22.4 Å². The molecule has 3 N–H and O–H groups in total. The molecule has 0 fully saturated rings. The number of hydrogen-bond acceptors (Lipinski definition) is 4. The van der Waals surface area contributed by atoms with Crippen molar-refractivity contribution < 1.29 is 14.6 Å². The molecule has 1 aromatic heterocycles. The first-order valence-corrected chi connectivity index (χ1v) is 6.30. The highest BCUT2D eigenvalue weighted by molar-refractivity contribution is 5.49. The fourth-order valence-electron chi connectivity index (χ4n) is 1.96. The van der Waals surface area contributed by atoms with Crippen LogP contribution in [-0.4, -0.2) is 15.2 Å². The predicted octanol–water partition coefficient (Wildman–Crippen LogP) is 2.65. The molecule has 1 aromatic carbocycles. The molecule has 2 rings (SSSR count). The zero-order valence-electron chi connectivity index (χ0n) is 11.4. The lowest BCUT2D eigenvalue weighted by Gasteiger charge is -2.13. The predicted molar refractivity (Wildman–Crippen MR) is 75.0 cm³/mol. The third-order valence-electron chi connectivity index (χ3n) is 3.23. The average molecular weight is 276 g/mol. The van der Waals surface area contributed by atoms with Crippen molar-refractivity contribution >= 4 is 5.69 Å². The number of hydrogen-bond donors (Lipinski definition) is 3. The van der Waals surface area contributed by atoms with E-state index in [1.807, 2.05) is 0 Å². The lowest BCUT2D eigenvalue weighted by Crippen LogP contribution is -2.06. The monoisotopic (exact) mass is 276 g/mol. The van der Waals surface area contributed by atoms with Gasteiger partial charge in [0, 0.05) is 29.6 Å². The largest absolute Gasteiger partial charge is 0.506 e. The summed E-state index contributed by atoms with van der Waals surface area (Å²) in [6.45, 7) is 3.52. The number of nitrogens with one attached hydrogen (secondary N) is 1. The maximum Gasteiger partial charge on any atom is 0.142 e. The third-order valence-corrected chi connectivity index (χ3v) is 3.23. The van der Waals surface area contributed by atoms with Crippen LogP contribution in [0.2, 0.25) is 0 Å². The van der Waals surface area contributed by atoms with Crippen LogP contribution in [0.25, 0.3) is 0 Å². The summed E-state index contributed by atoms with van der Waals surface area (Å²) in [4.78, 5) is 4.00. The van der Waals surface area contributed by atoms with E-state index < -0.39 is 0 Å². The van der Waals surface area contributed by atoms with Gasteiger partial charge in [-0.2, -0.15) is 0 Å². The fourth-order valence-corrected chi connectivity index (χ4v) is 1.96. The van der Waals surface area contributed by atoms with Crippen molar-refractivity contribution in [3.05, 3.63) is 52.6 Å². The molecular weight excluding hydrogens is 259 g/mol. The van der Waals surface area contributed by atoms with Crippen LogP contribution in [0.3, 0.4) is 0 Å². The molecule has 0 bridgehead atoms. The SMILES string of the molecule is Cc1cc(NCc2c(CO)cnc(C)c2O)ccc1F. The Morgan fingerprint density at radius 3 is 2.70 bits per heavy atom. The Morgan fingerprint density at radius 1 is 1.30 bits per heavy atom. The normalized spacial score (nSPS) is 10.6. The van der Waals surface area contributed by atoms with Gasteiger partial charge in [0.2, 0.25) is 0 Å². The number of aryl methyl sites for hydroxylation is 2. The summed E-state index contributed by atoms with van der Waals surface area (Å²) in [7, 11) is 0. The van der Waals surface area contributed by atoms with Crippen LogP contribution >= 0.6 is 0 Å². The molecular formula is C15H17FN2O2. The van der Waals surface area contributed by atoms with E-state index in [1.165, 1.54) is 6.07 Å². The second kappa shape index (κ2) is 5.88. The smallest absolute Gasteiger partial charge is 0.142 e. The first kappa shape index (κ1) is 14.3. The van der Waals surface area contributed by atoms with Gasteiger partial charge in [-0.05, 0) is 37.6 Å². The van der Waals surface area contributed by atoms with E-state index in [4.69, 9.17) is 0 Å². The summed E-state index contributed by atoms with van der Waals surface area (Å²) in [5.74, 6) is -0.183. The molecule has 0 aliphatic rings. The maximum atomic E-state index is 13.2. The second-order valence-corrected chi connectivity index (χ2v) is 4.67. The van der Waals surface area contributed by atoms with E-state index in [2.05, 4.69) is 10.3 Å². The number of aliphatic hydroxyl groups excluding tert-OH is 1. The minimum absolute atomic E-state index is 0.0721. The molecule has 106 valence electrons. The Kier molecular flexibility index (Phi) is 4.20. The Balaban J connectivity index is 2.22. The maximum absolute atomic E-state index is 13.2. The summed E-state index contributed by atoms with van der Waals surface area (Å²) in [5, 5.41) is 22.4. The second-order valence-electron chi connectivity index (χ2n) is 4.67. The molecule has 0 unspecified atom stereocenters. The van der Waals surface area contributed by atoms with Crippen LogP contribution < -0.4 is 5.32 Å². The number of nitrogens with zero attached hydrogens (tertiary/aromatic N) is 1. The van der Waals surface area contributed by atoms with Gasteiger partial charge in [0.05, 0.1) is 12.3 Å². The minimum atomic E-state index is -0.255. The standard InChI is InChI=1S/C15H17FN2O2/c1-9-5-12(3-4-14(9)16)18-7-13-11(8-19)6-17-10(2)15(13)20/h3-6,18-20H,7-8H2,1-2H3. The van der Waals surface area contributed by atoms with E-state index in [0.717, 1.165) is 5.69 Å². The van der Waals surface area contributed by atoms with Gasteiger partial charge in [0.25, 0.3) is 0 Å². The molecule has 0 radical (unpaired) electrons. The van der Waals surface area contributed by atoms with Crippen LogP contribution in [0.5, 0.6) is 5.75 Å². The van der Waals surface area contributed by atoms with Gasteiger partial charge in [-0.3, -0.25) is 4.98 Å². The molecule has 0 spiro atoms. The number of pyridine rings is 1. The van der Waals surface area contributed by atoms with Crippen molar-refractivity contribution in [1.82, 2.24) is 4.98 Å². The first-order valence-electron chi connectivity index (χ1n) is 6.30. The third kappa shape index (κ3) is 2.88. The Bertz CT molecular complexity index is 630. The van der Waals surface area contributed by atoms with Gasteiger partial charge in [-0.1, -0.05) is 0 Å². The fraction of sp³-hybridized carbons (Fsp3) is 0.267. The molecule has 20 heavy (non-hydrogen) atoms. The first-order chi connectivity index (χ1) is 9.52. The summed E-state index contributed by atoms with van der Waals surface area (Å²) in [6.07, 6.45) is 1.54. The van der Waals surface area contributed by atoms with E-state index in [-0.39, 0.29) is 18.2 Å². The van der Waals surface area contributed by atoms with Gasteiger partial charge in [-0.15, -0.1) is 0 Å². The van der Waals surface area contributed by atoms with Gasteiger partial charge >= 0.3 is 0 Å². The van der Waals surface area contributed by atoms with E-state index in [1.54, 1.807) is 32.2 Å². The molecule has 0 saturated heterocycles. The summed E-state index contributed by atoms with van der Waals surface area (Å²) >= 11 is 0. The Labute approximate surface area is 116 Å². The topological polar surface area (TPSA) is 65.4 Å². The zero-order chi connectivity index (χ0) is 14.7.